The molecular formula is C15H24FNO. The van der Waals surface area contributed by atoms with E-state index >= 15 is 0 Å². The van der Waals surface area contributed by atoms with E-state index in [1.54, 1.807) is 18.2 Å². The third kappa shape index (κ3) is 5.50. The van der Waals surface area contributed by atoms with Gasteiger partial charge < -0.3 is 10.1 Å². The number of halogens is 1. The van der Waals surface area contributed by atoms with Gasteiger partial charge in [-0.3, -0.25) is 0 Å². The van der Waals surface area contributed by atoms with Gasteiger partial charge in [0.05, 0.1) is 6.61 Å². The summed E-state index contributed by atoms with van der Waals surface area (Å²) in [6, 6.07) is 6.51. The summed E-state index contributed by atoms with van der Waals surface area (Å²) in [6.07, 6.45) is 0. The van der Waals surface area contributed by atoms with Crippen molar-refractivity contribution in [3.63, 3.8) is 0 Å². The van der Waals surface area contributed by atoms with Gasteiger partial charge in [0.2, 0.25) is 0 Å². The van der Waals surface area contributed by atoms with Crippen molar-refractivity contribution in [2.45, 2.75) is 40.2 Å². The predicted molar refractivity (Wildman–Crippen MR) is 73.4 cm³/mol. The molecule has 0 fully saturated rings. The van der Waals surface area contributed by atoms with E-state index in [0.29, 0.717) is 12.4 Å². The van der Waals surface area contributed by atoms with Gasteiger partial charge in [-0.2, -0.15) is 0 Å². The Labute approximate surface area is 110 Å². The highest BCUT2D eigenvalue weighted by Gasteiger charge is 2.22. The second kappa shape index (κ2) is 5.70. The first kappa shape index (κ1) is 15.0. The highest BCUT2D eigenvalue weighted by atomic mass is 19.1. The minimum atomic E-state index is -0.308. The summed E-state index contributed by atoms with van der Waals surface area (Å²) in [6.45, 7) is 11.9. The molecule has 0 aliphatic heterocycles. The minimum Gasteiger partial charge on any atom is -0.490 e. The Morgan fingerprint density at radius 3 is 2.28 bits per heavy atom. The molecule has 0 unspecified atom stereocenters. The normalized spacial score (nSPS) is 12.6. The summed E-state index contributed by atoms with van der Waals surface area (Å²) in [7, 11) is 0. The van der Waals surface area contributed by atoms with Crippen LogP contribution in [0.25, 0.3) is 0 Å². The van der Waals surface area contributed by atoms with Crippen LogP contribution in [0.1, 0.15) is 34.6 Å². The van der Waals surface area contributed by atoms with Gasteiger partial charge in [0.25, 0.3) is 0 Å². The van der Waals surface area contributed by atoms with Gasteiger partial charge in [-0.05, 0) is 32.9 Å². The molecule has 3 heteroatoms. The first-order chi connectivity index (χ1) is 8.20. The average Bonchev–Trinajstić information content (AvgIpc) is 2.25. The number of para-hydroxylation sites is 1. The quantitative estimate of drug-likeness (QED) is 0.865. The second-order valence-electron chi connectivity index (χ2n) is 6.49. The summed E-state index contributed by atoms with van der Waals surface area (Å²) in [5.74, 6) is 0.0124. The monoisotopic (exact) mass is 253 g/mol. The highest BCUT2D eigenvalue weighted by molar-refractivity contribution is 5.23. The zero-order valence-corrected chi connectivity index (χ0v) is 12.0. The van der Waals surface area contributed by atoms with Crippen LogP contribution < -0.4 is 10.1 Å². The lowest BCUT2D eigenvalue weighted by Gasteiger charge is -2.30. The average molecular weight is 253 g/mol. The number of ether oxygens (including phenoxy) is 1. The Morgan fingerprint density at radius 2 is 1.72 bits per heavy atom. The van der Waals surface area contributed by atoms with Crippen molar-refractivity contribution >= 4 is 0 Å². The summed E-state index contributed by atoms with van der Waals surface area (Å²) in [5, 5.41) is 3.44. The maximum absolute atomic E-state index is 13.4. The van der Waals surface area contributed by atoms with E-state index in [2.05, 4.69) is 39.9 Å². The SMILES string of the molecule is CC(C)(CNC(C)(C)C)COc1ccccc1F. The van der Waals surface area contributed by atoms with Crippen LogP contribution in [0.4, 0.5) is 4.39 Å². The molecule has 0 saturated carbocycles. The van der Waals surface area contributed by atoms with Gasteiger partial charge >= 0.3 is 0 Å². The molecule has 0 spiro atoms. The maximum atomic E-state index is 13.4. The first-order valence-corrected chi connectivity index (χ1v) is 6.32. The second-order valence-corrected chi connectivity index (χ2v) is 6.49. The zero-order valence-electron chi connectivity index (χ0n) is 12.0. The summed E-state index contributed by atoms with van der Waals surface area (Å²) in [4.78, 5) is 0. The van der Waals surface area contributed by atoms with Crippen molar-refractivity contribution in [3.05, 3.63) is 30.1 Å². The number of rotatable bonds is 5. The van der Waals surface area contributed by atoms with Gasteiger partial charge in [0.1, 0.15) is 0 Å². The highest BCUT2D eigenvalue weighted by Crippen LogP contribution is 2.21. The van der Waals surface area contributed by atoms with Crippen molar-refractivity contribution in [1.82, 2.24) is 5.32 Å². The van der Waals surface area contributed by atoms with Crippen molar-refractivity contribution in [3.8, 4) is 5.75 Å². The van der Waals surface area contributed by atoms with Crippen LogP contribution in [0, 0.1) is 11.2 Å². The number of hydrogen-bond acceptors (Lipinski definition) is 2. The molecular weight excluding hydrogens is 229 g/mol. The molecule has 1 rings (SSSR count). The van der Waals surface area contributed by atoms with Crippen molar-refractivity contribution in [1.29, 1.82) is 0 Å². The molecule has 1 N–H and O–H groups in total. The molecule has 1 aromatic rings. The van der Waals surface area contributed by atoms with E-state index < -0.39 is 0 Å². The molecule has 0 heterocycles. The Hall–Kier alpha value is -1.09. The Bertz CT molecular complexity index is 382. The molecule has 0 bridgehead atoms. The Balaban J connectivity index is 2.49. The van der Waals surface area contributed by atoms with Gasteiger partial charge in [0, 0.05) is 17.5 Å². The summed E-state index contributed by atoms with van der Waals surface area (Å²) >= 11 is 0. The zero-order chi connectivity index (χ0) is 13.8. The third-order valence-electron chi connectivity index (χ3n) is 2.55. The van der Waals surface area contributed by atoms with Crippen LogP contribution in [-0.4, -0.2) is 18.7 Å². The Morgan fingerprint density at radius 1 is 1.11 bits per heavy atom. The smallest absolute Gasteiger partial charge is 0.165 e. The van der Waals surface area contributed by atoms with Gasteiger partial charge in [-0.15, -0.1) is 0 Å². The number of hydrogen-bond donors (Lipinski definition) is 1. The van der Waals surface area contributed by atoms with E-state index in [0.717, 1.165) is 6.54 Å². The first-order valence-electron chi connectivity index (χ1n) is 6.32. The van der Waals surface area contributed by atoms with E-state index in [1.807, 2.05) is 0 Å². The number of nitrogens with one attached hydrogen (secondary N) is 1. The largest absolute Gasteiger partial charge is 0.490 e. The molecule has 0 amide bonds. The standard InChI is InChI=1S/C15H24FNO/c1-14(2,3)17-10-15(4,5)11-18-13-9-7-6-8-12(13)16/h6-9,17H,10-11H2,1-5H3. The number of benzene rings is 1. The van der Waals surface area contributed by atoms with Crippen LogP contribution in [0.2, 0.25) is 0 Å². The molecule has 0 radical (unpaired) electrons. The van der Waals surface area contributed by atoms with Gasteiger partial charge in [-0.1, -0.05) is 26.0 Å². The minimum absolute atomic E-state index is 0.0461. The Kier molecular flexibility index (Phi) is 4.74. The molecule has 0 aliphatic rings. The lowest BCUT2D eigenvalue weighted by Crippen LogP contribution is -2.43. The van der Waals surface area contributed by atoms with Crippen LogP contribution in [0.3, 0.4) is 0 Å². The molecule has 0 aliphatic carbocycles. The van der Waals surface area contributed by atoms with E-state index in [1.165, 1.54) is 6.07 Å². The van der Waals surface area contributed by atoms with Crippen LogP contribution in [-0.2, 0) is 0 Å². The summed E-state index contributed by atoms with van der Waals surface area (Å²) < 4.78 is 19.0. The van der Waals surface area contributed by atoms with Crippen molar-refractivity contribution in [2.24, 2.45) is 5.41 Å². The van der Waals surface area contributed by atoms with E-state index in [9.17, 15) is 4.39 Å². The molecule has 18 heavy (non-hydrogen) atoms. The van der Waals surface area contributed by atoms with E-state index in [4.69, 9.17) is 4.74 Å². The molecule has 2 nitrogen and oxygen atoms in total. The third-order valence-corrected chi connectivity index (χ3v) is 2.55. The fourth-order valence-electron chi connectivity index (χ4n) is 1.39. The van der Waals surface area contributed by atoms with Gasteiger partial charge in [0.15, 0.2) is 11.6 Å². The molecule has 0 aromatic heterocycles. The van der Waals surface area contributed by atoms with Crippen molar-refractivity contribution < 1.29 is 9.13 Å². The van der Waals surface area contributed by atoms with Crippen LogP contribution in [0.5, 0.6) is 5.75 Å². The van der Waals surface area contributed by atoms with Crippen molar-refractivity contribution in [2.75, 3.05) is 13.2 Å². The fraction of sp³-hybridized carbons (Fsp3) is 0.600. The summed E-state index contributed by atoms with van der Waals surface area (Å²) in [5.41, 5.74) is 0.0326. The topological polar surface area (TPSA) is 21.3 Å². The molecule has 0 atom stereocenters. The van der Waals surface area contributed by atoms with Crippen LogP contribution >= 0.6 is 0 Å². The molecule has 0 saturated heterocycles. The molecule has 1 aromatic carbocycles. The van der Waals surface area contributed by atoms with Gasteiger partial charge in [-0.25, -0.2) is 4.39 Å². The lowest BCUT2D eigenvalue weighted by atomic mass is 9.93. The predicted octanol–water partition coefficient (Wildman–Crippen LogP) is 3.62. The van der Waals surface area contributed by atoms with E-state index in [-0.39, 0.29) is 16.8 Å². The fourth-order valence-corrected chi connectivity index (χ4v) is 1.39. The molecule has 102 valence electrons. The lowest BCUT2D eigenvalue weighted by molar-refractivity contribution is 0.161. The van der Waals surface area contributed by atoms with Crippen LogP contribution in [0.15, 0.2) is 24.3 Å². The maximum Gasteiger partial charge on any atom is 0.165 e.